The normalized spacial score (nSPS) is 17.6. The summed E-state index contributed by atoms with van der Waals surface area (Å²) >= 11 is 1.59. The molecule has 20 heavy (non-hydrogen) atoms. The lowest BCUT2D eigenvalue weighted by atomic mass is 10.2. The topological polar surface area (TPSA) is 60.9 Å². The van der Waals surface area contributed by atoms with Gasteiger partial charge in [0.05, 0.1) is 6.54 Å². The minimum atomic E-state index is -0.950. The Morgan fingerprint density at radius 2 is 2.30 bits per heavy atom. The van der Waals surface area contributed by atoms with Gasteiger partial charge >= 0.3 is 5.97 Å². The summed E-state index contributed by atoms with van der Waals surface area (Å²) in [6, 6.07) is 1.91. The van der Waals surface area contributed by atoms with Crippen molar-refractivity contribution in [2.75, 3.05) is 26.7 Å². The number of likely N-dealkylation sites (N-methyl/N-ethyl adjacent to an activating group) is 1. The Bertz CT molecular complexity index is 524. The van der Waals surface area contributed by atoms with Gasteiger partial charge in [0.25, 0.3) is 0 Å². The standard InChI is InChI=1S/C14H18N2O3S/c1-15-6-2-7-16(10-13(15)17)9-12-11(5-8-20-12)3-4-14(18)19/h3-5,8H,2,6-7,9-10H2,1H3,(H,18,19)/b4-3+. The minimum Gasteiger partial charge on any atom is -0.478 e. The highest BCUT2D eigenvalue weighted by Crippen LogP contribution is 2.21. The molecule has 108 valence electrons. The Kier molecular flexibility index (Phi) is 4.92. The third-order valence-electron chi connectivity index (χ3n) is 3.31. The summed E-state index contributed by atoms with van der Waals surface area (Å²) in [6.07, 6.45) is 3.72. The number of hydrogen-bond acceptors (Lipinski definition) is 4. The monoisotopic (exact) mass is 294 g/mol. The van der Waals surface area contributed by atoms with Crippen molar-refractivity contribution < 1.29 is 14.7 Å². The number of hydrogen-bond donors (Lipinski definition) is 1. The zero-order valence-corrected chi connectivity index (χ0v) is 12.2. The molecule has 0 atom stereocenters. The van der Waals surface area contributed by atoms with E-state index in [0.717, 1.165) is 36.0 Å². The first-order valence-corrected chi connectivity index (χ1v) is 7.38. The zero-order chi connectivity index (χ0) is 14.5. The van der Waals surface area contributed by atoms with Crippen LogP contribution in [-0.4, -0.2) is 53.5 Å². The number of carboxylic acid groups (broad SMARTS) is 1. The second-order valence-electron chi connectivity index (χ2n) is 4.85. The molecule has 1 amide bonds. The van der Waals surface area contributed by atoms with Crippen LogP contribution in [0.5, 0.6) is 0 Å². The molecule has 2 rings (SSSR count). The lowest BCUT2D eigenvalue weighted by Crippen LogP contribution is -2.33. The van der Waals surface area contributed by atoms with E-state index >= 15 is 0 Å². The molecule has 0 aromatic carbocycles. The maximum atomic E-state index is 11.8. The summed E-state index contributed by atoms with van der Waals surface area (Å²) in [4.78, 5) is 27.4. The summed E-state index contributed by atoms with van der Waals surface area (Å²) in [5, 5.41) is 10.6. The molecule has 0 bridgehead atoms. The van der Waals surface area contributed by atoms with Crippen molar-refractivity contribution in [3.05, 3.63) is 28.0 Å². The summed E-state index contributed by atoms with van der Waals surface area (Å²) < 4.78 is 0. The van der Waals surface area contributed by atoms with E-state index in [9.17, 15) is 9.59 Å². The van der Waals surface area contributed by atoms with Gasteiger partial charge in [0.15, 0.2) is 0 Å². The average molecular weight is 294 g/mol. The molecule has 6 heteroatoms. The molecule has 1 fully saturated rings. The average Bonchev–Trinajstić information content (AvgIpc) is 2.76. The molecule has 0 spiro atoms. The summed E-state index contributed by atoms with van der Waals surface area (Å²) in [5.74, 6) is -0.810. The highest BCUT2D eigenvalue weighted by Gasteiger charge is 2.19. The summed E-state index contributed by atoms with van der Waals surface area (Å²) in [7, 11) is 1.83. The van der Waals surface area contributed by atoms with Gasteiger partial charge in [0.1, 0.15) is 0 Å². The maximum Gasteiger partial charge on any atom is 0.328 e. The third-order valence-corrected chi connectivity index (χ3v) is 4.23. The first-order valence-electron chi connectivity index (χ1n) is 6.50. The molecule has 1 aromatic heterocycles. The number of thiophene rings is 1. The Labute approximate surface area is 122 Å². The van der Waals surface area contributed by atoms with E-state index in [2.05, 4.69) is 4.90 Å². The minimum absolute atomic E-state index is 0.140. The van der Waals surface area contributed by atoms with Gasteiger partial charge in [-0.05, 0) is 29.5 Å². The van der Waals surface area contributed by atoms with Gasteiger partial charge in [-0.2, -0.15) is 0 Å². The molecule has 0 unspecified atom stereocenters. The number of carboxylic acids is 1. The molecule has 2 heterocycles. The van der Waals surface area contributed by atoms with Crippen LogP contribution in [0.1, 0.15) is 16.9 Å². The fraction of sp³-hybridized carbons (Fsp3) is 0.429. The molecule has 1 aliphatic rings. The first-order chi connectivity index (χ1) is 9.56. The van der Waals surface area contributed by atoms with Crippen molar-refractivity contribution in [3.63, 3.8) is 0 Å². The zero-order valence-electron chi connectivity index (χ0n) is 11.4. The predicted octanol–water partition coefficient (Wildman–Crippen LogP) is 1.51. The molecule has 0 radical (unpaired) electrons. The van der Waals surface area contributed by atoms with Crippen molar-refractivity contribution >= 4 is 29.3 Å². The molecule has 1 aromatic rings. The quantitative estimate of drug-likeness (QED) is 0.855. The Balaban J connectivity index is 2.04. The second kappa shape index (κ2) is 6.67. The Morgan fingerprint density at radius 3 is 3.05 bits per heavy atom. The van der Waals surface area contributed by atoms with Crippen molar-refractivity contribution in [3.8, 4) is 0 Å². The van der Waals surface area contributed by atoms with E-state index < -0.39 is 5.97 Å². The van der Waals surface area contributed by atoms with E-state index in [1.165, 1.54) is 0 Å². The third kappa shape index (κ3) is 3.91. The van der Waals surface area contributed by atoms with Crippen molar-refractivity contribution in [2.45, 2.75) is 13.0 Å². The molecule has 1 saturated heterocycles. The van der Waals surface area contributed by atoms with Crippen LogP contribution in [0.3, 0.4) is 0 Å². The lowest BCUT2D eigenvalue weighted by molar-refractivity contribution is -0.131. The van der Waals surface area contributed by atoms with Gasteiger partial charge < -0.3 is 10.0 Å². The number of carbonyl (C=O) groups is 2. The Morgan fingerprint density at radius 1 is 1.50 bits per heavy atom. The molecule has 1 aliphatic heterocycles. The van der Waals surface area contributed by atoms with Gasteiger partial charge in [0, 0.05) is 37.6 Å². The number of carbonyl (C=O) groups excluding carboxylic acids is 1. The largest absolute Gasteiger partial charge is 0.478 e. The lowest BCUT2D eigenvalue weighted by Gasteiger charge is -2.18. The van der Waals surface area contributed by atoms with Crippen molar-refractivity contribution in [1.82, 2.24) is 9.80 Å². The predicted molar refractivity (Wildman–Crippen MR) is 78.5 cm³/mol. The molecule has 1 N–H and O–H groups in total. The summed E-state index contributed by atoms with van der Waals surface area (Å²) in [5.41, 5.74) is 0.919. The van der Waals surface area contributed by atoms with Crippen LogP contribution in [0.15, 0.2) is 17.5 Å². The first kappa shape index (κ1) is 14.7. The van der Waals surface area contributed by atoms with Gasteiger partial charge in [-0.3, -0.25) is 9.69 Å². The van der Waals surface area contributed by atoms with E-state index in [-0.39, 0.29) is 5.91 Å². The molecular weight excluding hydrogens is 276 g/mol. The summed E-state index contributed by atoms with van der Waals surface area (Å²) in [6.45, 7) is 2.80. The van der Waals surface area contributed by atoms with Gasteiger partial charge in [-0.25, -0.2) is 4.79 Å². The van der Waals surface area contributed by atoms with E-state index in [0.29, 0.717) is 13.1 Å². The number of rotatable bonds is 4. The van der Waals surface area contributed by atoms with Crippen LogP contribution < -0.4 is 0 Å². The smallest absolute Gasteiger partial charge is 0.328 e. The highest BCUT2D eigenvalue weighted by atomic mass is 32.1. The van der Waals surface area contributed by atoms with Crippen LogP contribution in [0.4, 0.5) is 0 Å². The molecular formula is C14H18N2O3S. The molecule has 5 nitrogen and oxygen atoms in total. The SMILES string of the molecule is CN1CCCN(Cc2sccc2/C=C/C(=O)O)CC1=O. The number of amides is 1. The van der Waals surface area contributed by atoms with Gasteiger partial charge in [0.2, 0.25) is 5.91 Å². The number of aliphatic carboxylic acids is 1. The van der Waals surface area contributed by atoms with Crippen molar-refractivity contribution in [2.24, 2.45) is 0 Å². The number of nitrogens with zero attached hydrogens (tertiary/aromatic N) is 2. The van der Waals surface area contributed by atoms with E-state index in [1.807, 2.05) is 18.5 Å². The van der Waals surface area contributed by atoms with Gasteiger partial charge in [-0.1, -0.05) is 0 Å². The fourth-order valence-electron chi connectivity index (χ4n) is 2.17. The van der Waals surface area contributed by atoms with Crippen LogP contribution in [0, 0.1) is 0 Å². The fourth-order valence-corrected chi connectivity index (χ4v) is 3.08. The van der Waals surface area contributed by atoms with E-state index in [1.54, 1.807) is 22.3 Å². The van der Waals surface area contributed by atoms with Crippen LogP contribution >= 0.6 is 11.3 Å². The van der Waals surface area contributed by atoms with Gasteiger partial charge in [-0.15, -0.1) is 11.3 Å². The van der Waals surface area contributed by atoms with E-state index in [4.69, 9.17) is 5.11 Å². The van der Waals surface area contributed by atoms with Crippen LogP contribution in [0.25, 0.3) is 6.08 Å². The highest BCUT2D eigenvalue weighted by molar-refractivity contribution is 7.10. The van der Waals surface area contributed by atoms with Crippen molar-refractivity contribution in [1.29, 1.82) is 0 Å². The van der Waals surface area contributed by atoms with Crippen LogP contribution in [-0.2, 0) is 16.1 Å². The maximum absolute atomic E-state index is 11.8. The molecule has 0 aliphatic carbocycles. The Hall–Kier alpha value is -1.66. The van der Waals surface area contributed by atoms with Crippen LogP contribution in [0.2, 0.25) is 0 Å². The molecule has 0 saturated carbocycles. The second-order valence-corrected chi connectivity index (χ2v) is 5.85.